The Labute approximate surface area is 112 Å². The van der Waals surface area contributed by atoms with Crippen molar-refractivity contribution in [2.24, 2.45) is 0 Å². The lowest BCUT2D eigenvalue weighted by Crippen LogP contribution is -2.51. The molecule has 0 aromatic carbocycles. The number of rotatable bonds is 4. The molecular weight excluding hydrogens is 222 g/mol. The summed E-state index contributed by atoms with van der Waals surface area (Å²) >= 11 is 0. The van der Waals surface area contributed by atoms with E-state index in [2.05, 4.69) is 29.0 Å². The average Bonchev–Trinajstić information content (AvgIpc) is 3.16. The van der Waals surface area contributed by atoms with Crippen LogP contribution in [0, 0.1) is 0 Å². The number of likely N-dealkylation sites (N-methyl/N-ethyl adjacent to an activating group) is 1. The molecule has 1 saturated carbocycles. The fourth-order valence-corrected chi connectivity index (χ4v) is 4.11. The maximum Gasteiger partial charge on any atom is 0.0241 e. The number of likely N-dealkylation sites (tertiary alicyclic amines) is 1. The summed E-state index contributed by atoms with van der Waals surface area (Å²) < 4.78 is 0. The van der Waals surface area contributed by atoms with Crippen molar-refractivity contribution >= 4 is 0 Å². The van der Waals surface area contributed by atoms with Crippen LogP contribution in [-0.2, 0) is 0 Å². The van der Waals surface area contributed by atoms with Crippen molar-refractivity contribution in [1.82, 2.24) is 15.1 Å². The summed E-state index contributed by atoms with van der Waals surface area (Å²) in [5, 5.41) is 3.58. The van der Waals surface area contributed by atoms with E-state index in [0.717, 1.165) is 24.2 Å². The molecule has 3 aliphatic rings. The minimum absolute atomic E-state index is 0.792. The minimum atomic E-state index is 0.792. The zero-order valence-electron chi connectivity index (χ0n) is 12.1. The van der Waals surface area contributed by atoms with Crippen LogP contribution in [0.1, 0.15) is 46.0 Å². The van der Waals surface area contributed by atoms with Crippen molar-refractivity contribution in [2.45, 2.75) is 70.1 Å². The topological polar surface area (TPSA) is 18.5 Å². The molecule has 0 aromatic heterocycles. The molecule has 1 N–H and O–H groups in total. The number of piperidine rings is 1. The van der Waals surface area contributed by atoms with E-state index in [9.17, 15) is 0 Å². The maximum absolute atomic E-state index is 3.58. The number of hydrogen-bond donors (Lipinski definition) is 1. The van der Waals surface area contributed by atoms with Gasteiger partial charge in [-0.3, -0.25) is 9.80 Å². The van der Waals surface area contributed by atoms with E-state index in [-0.39, 0.29) is 0 Å². The molecule has 3 atom stereocenters. The molecule has 0 aromatic rings. The van der Waals surface area contributed by atoms with Crippen molar-refractivity contribution in [3.05, 3.63) is 0 Å². The van der Waals surface area contributed by atoms with Crippen LogP contribution in [0.2, 0.25) is 0 Å². The summed E-state index contributed by atoms with van der Waals surface area (Å²) in [7, 11) is 0. The van der Waals surface area contributed by atoms with Gasteiger partial charge in [-0.2, -0.15) is 0 Å². The van der Waals surface area contributed by atoms with E-state index in [1.807, 2.05) is 0 Å². The third kappa shape index (κ3) is 2.59. The molecule has 0 amide bonds. The zero-order chi connectivity index (χ0) is 12.5. The Morgan fingerprint density at radius 3 is 2.67 bits per heavy atom. The smallest absolute Gasteiger partial charge is 0.0241 e. The molecule has 2 aliphatic heterocycles. The minimum Gasteiger partial charge on any atom is -0.315 e. The summed E-state index contributed by atoms with van der Waals surface area (Å²) in [5.41, 5.74) is 0. The first kappa shape index (κ1) is 12.9. The van der Waals surface area contributed by atoms with Gasteiger partial charge in [-0.1, -0.05) is 6.92 Å². The molecule has 2 heterocycles. The SMILES string of the molecule is CCN(C1CCCNC1)C1CC(C)N(C2CC2)C1. The molecule has 1 aliphatic carbocycles. The van der Waals surface area contributed by atoms with Gasteiger partial charge in [0.15, 0.2) is 0 Å². The van der Waals surface area contributed by atoms with Gasteiger partial charge in [-0.25, -0.2) is 0 Å². The van der Waals surface area contributed by atoms with Gasteiger partial charge >= 0.3 is 0 Å². The van der Waals surface area contributed by atoms with Crippen LogP contribution in [0.15, 0.2) is 0 Å². The first-order valence-corrected chi connectivity index (χ1v) is 8.01. The van der Waals surface area contributed by atoms with Crippen molar-refractivity contribution in [2.75, 3.05) is 26.2 Å². The molecular formula is C15H29N3. The van der Waals surface area contributed by atoms with Gasteiger partial charge in [-0.15, -0.1) is 0 Å². The van der Waals surface area contributed by atoms with E-state index in [0.29, 0.717) is 0 Å². The molecule has 0 radical (unpaired) electrons. The molecule has 3 unspecified atom stereocenters. The van der Waals surface area contributed by atoms with E-state index in [1.54, 1.807) is 0 Å². The van der Waals surface area contributed by atoms with Crippen LogP contribution in [0.3, 0.4) is 0 Å². The zero-order valence-corrected chi connectivity index (χ0v) is 12.1. The van der Waals surface area contributed by atoms with E-state index >= 15 is 0 Å². The Bertz CT molecular complexity index is 271. The lowest BCUT2D eigenvalue weighted by atomic mass is 10.0. The first-order valence-electron chi connectivity index (χ1n) is 8.01. The Hall–Kier alpha value is -0.120. The summed E-state index contributed by atoms with van der Waals surface area (Å²) in [6.45, 7) is 9.77. The van der Waals surface area contributed by atoms with Crippen LogP contribution in [0.25, 0.3) is 0 Å². The predicted molar refractivity (Wildman–Crippen MR) is 75.9 cm³/mol. The van der Waals surface area contributed by atoms with E-state index < -0.39 is 0 Å². The number of nitrogens with zero attached hydrogens (tertiary/aromatic N) is 2. The molecule has 2 saturated heterocycles. The first-order chi connectivity index (χ1) is 8.79. The molecule has 3 heteroatoms. The largest absolute Gasteiger partial charge is 0.315 e. The van der Waals surface area contributed by atoms with Crippen molar-refractivity contribution < 1.29 is 0 Å². The summed E-state index contributed by atoms with van der Waals surface area (Å²) in [4.78, 5) is 5.58. The Morgan fingerprint density at radius 1 is 1.22 bits per heavy atom. The van der Waals surface area contributed by atoms with Gasteiger partial charge in [0, 0.05) is 37.3 Å². The van der Waals surface area contributed by atoms with Gasteiger partial charge in [0.25, 0.3) is 0 Å². The third-order valence-corrected chi connectivity index (χ3v) is 5.19. The highest BCUT2D eigenvalue weighted by Gasteiger charge is 2.41. The van der Waals surface area contributed by atoms with Crippen molar-refractivity contribution in [3.63, 3.8) is 0 Å². The fourth-order valence-electron chi connectivity index (χ4n) is 4.11. The highest BCUT2D eigenvalue weighted by atomic mass is 15.3. The average molecular weight is 251 g/mol. The van der Waals surface area contributed by atoms with Crippen molar-refractivity contribution in [3.8, 4) is 0 Å². The Morgan fingerprint density at radius 2 is 2.06 bits per heavy atom. The van der Waals surface area contributed by atoms with Crippen LogP contribution in [0.4, 0.5) is 0 Å². The van der Waals surface area contributed by atoms with Crippen LogP contribution in [-0.4, -0.2) is 60.1 Å². The summed E-state index contributed by atoms with van der Waals surface area (Å²) in [6, 6.07) is 3.36. The third-order valence-electron chi connectivity index (χ3n) is 5.19. The highest BCUT2D eigenvalue weighted by molar-refractivity contribution is 4.98. The highest BCUT2D eigenvalue weighted by Crippen LogP contribution is 2.35. The second-order valence-corrected chi connectivity index (χ2v) is 6.50. The van der Waals surface area contributed by atoms with Gasteiger partial charge in [0.1, 0.15) is 0 Å². The summed E-state index contributed by atoms with van der Waals surface area (Å²) in [6.07, 6.45) is 7.05. The summed E-state index contributed by atoms with van der Waals surface area (Å²) in [5.74, 6) is 0. The van der Waals surface area contributed by atoms with Crippen LogP contribution in [0.5, 0.6) is 0 Å². The van der Waals surface area contributed by atoms with Gasteiger partial charge < -0.3 is 5.32 Å². The molecule has 3 nitrogen and oxygen atoms in total. The van der Waals surface area contributed by atoms with E-state index in [4.69, 9.17) is 0 Å². The molecule has 3 rings (SSSR count). The fraction of sp³-hybridized carbons (Fsp3) is 1.00. The Balaban J connectivity index is 1.61. The van der Waals surface area contributed by atoms with E-state index in [1.165, 1.54) is 58.3 Å². The van der Waals surface area contributed by atoms with Gasteiger partial charge in [-0.05, 0) is 52.1 Å². The predicted octanol–water partition coefficient (Wildman–Crippen LogP) is 1.69. The Kier molecular flexibility index (Phi) is 3.92. The second kappa shape index (κ2) is 5.48. The maximum atomic E-state index is 3.58. The molecule has 0 bridgehead atoms. The molecule has 3 fully saturated rings. The molecule has 104 valence electrons. The van der Waals surface area contributed by atoms with Crippen molar-refractivity contribution in [1.29, 1.82) is 0 Å². The standard InChI is InChI=1S/C15H29N3/c1-3-17(14-5-4-8-16-10-14)15-9-12(2)18(11-15)13-6-7-13/h12-16H,3-11H2,1-2H3. The second-order valence-electron chi connectivity index (χ2n) is 6.50. The van der Waals surface area contributed by atoms with Gasteiger partial charge in [0.05, 0.1) is 0 Å². The van der Waals surface area contributed by atoms with Crippen LogP contribution < -0.4 is 5.32 Å². The molecule has 18 heavy (non-hydrogen) atoms. The number of hydrogen-bond acceptors (Lipinski definition) is 3. The number of nitrogens with one attached hydrogen (secondary N) is 1. The lowest BCUT2D eigenvalue weighted by Gasteiger charge is -2.38. The normalized spacial score (nSPS) is 38.5. The van der Waals surface area contributed by atoms with Gasteiger partial charge in [0.2, 0.25) is 0 Å². The monoisotopic (exact) mass is 251 g/mol. The quantitative estimate of drug-likeness (QED) is 0.820. The van der Waals surface area contributed by atoms with Crippen LogP contribution >= 0.6 is 0 Å². The molecule has 0 spiro atoms. The lowest BCUT2D eigenvalue weighted by molar-refractivity contribution is 0.119.